The van der Waals surface area contributed by atoms with E-state index in [1.54, 1.807) is 20.8 Å². The van der Waals surface area contributed by atoms with E-state index in [0.717, 1.165) is 17.7 Å². The minimum Gasteiger partial charge on any atom is -0.443 e. The van der Waals surface area contributed by atoms with E-state index in [9.17, 15) is 14.4 Å². The summed E-state index contributed by atoms with van der Waals surface area (Å²) in [6, 6.07) is -1.29. The van der Waals surface area contributed by atoms with Crippen LogP contribution in [0.2, 0.25) is 0 Å². The molecule has 0 aromatic heterocycles. The summed E-state index contributed by atoms with van der Waals surface area (Å²) in [7, 11) is 0. The van der Waals surface area contributed by atoms with Crippen molar-refractivity contribution in [2.75, 3.05) is 13.1 Å². The number of carbonyl (C=O) groups excluding carboxylic acids is 3. The van der Waals surface area contributed by atoms with E-state index in [2.05, 4.69) is 0 Å². The molecule has 2 N–H and O–H groups in total. The third kappa shape index (κ3) is 5.97. The molecule has 1 aliphatic rings. The predicted molar refractivity (Wildman–Crippen MR) is 100 cm³/mol. The Labute approximate surface area is 157 Å². The molecule has 0 radical (unpaired) electrons. The molecule has 1 aliphatic heterocycles. The van der Waals surface area contributed by atoms with E-state index >= 15 is 0 Å². The van der Waals surface area contributed by atoms with Crippen LogP contribution in [-0.2, 0) is 14.3 Å². The highest BCUT2D eigenvalue weighted by atomic mass is 16.6. The Kier molecular flexibility index (Phi) is 8.06. The number of likely N-dealkylation sites (tertiary alicyclic amines) is 1. The van der Waals surface area contributed by atoms with E-state index in [1.165, 1.54) is 4.90 Å². The first-order valence-corrected chi connectivity index (χ1v) is 9.60. The van der Waals surface area contributed by atoms with Gasteiger partial charge in [-0.3, -0.25) is 9.59 Å². The Bertz CT molecular complexity index is 513. The van der Waals surface area contributed by atoms with Crippen LogP contribution in [0.25, 0.3) is 0 Å². The highest BCUT2D eigenvalue weighted by Crippen LogP contribution is 2.23. The van der Waals surface area contributed by atoms with Crippen molar-refractivity contribution in [3.63, 3.8) is 0 Å². The second kappa shape index (κ2) is 9.35. The molecule has 7 nitrogen and oxygen atoms in total. The fourth-order valence-corrected chi connectivity index (χ4v) is 2.87. The van der Waals surface area contributed by atoms with E-state index < -0.39 is 23.8 Å². The van der Waals surface area contributed by atoms with Crippen LogP contribution in [0.3, 0.4) is 0 Å². The number of carbonyl (C=O) groups is 3. The zero-order chi connectivity index (χ0) is 20.1. The first kappa shape index (κ1) is 22.4. The van der Waals surface area contributed by atoms with Gasteiger partial charge in [-0.1, -0.05) is 27.2 Å². The van der Waals surface area contributed by atoms with Crippen molar-refractivity contribution in [1.29, 1.82) is 0 Å². The molecule has 0 bridgehead atoms. The summed E-state index contributed by atoms with van der Waals surface area (Å²) < 4.78 is 5.40. The Balaban J connectivity index is 2.97. The molecule has 150 valence electrons. The number of rotatable bonds is 6. The van der Waals surface area contributed by atoms with Crippen molar-refractivity contribution in [3.05, 3.63) is 0 Å². The van der Waals surface area contributed by atoms with Crippen molar-refractivity contribution in [1.82, 2.24) is 9.80 Å². The van der Waals surface area contributed by atoms with Crippen LogP contribution in [-0.4, -0.2) is 58.5 Å². The fourth-order valence-electron chi connectivity index (χ4n) is 2.87. The average Bonchev–Trinajstić information content (AvgIpc) is 3.01. The number of unbranched alkanes of at least 4 members (excludes halogenated alkanes) is 1. The van der Waals surface area contributed by atoms with E-state index in [0.29, 0.717) is 25.9 Å². The van der Waals surface area contributed by atoms with Crippen LogP contribution in [0.1, 0.15) is 67.2 Å². The van der Waals surface area contributed by atoms with Crippen LogP contribution in [0, 0.1) is 5.92 Å². The van der Waals surface area contributed by atoms with Gasteiger partial charge in [0.1, 0.15) is 11.6 Å². The highest BCUT2D eigenvalue weighted by molar-refractivity contribution is 5.98. The maximum Gasteiger partial charge on any atom is 0.417 e. The smallest absolute Gasteiger partial charge is 0.417 e. The van der Waals surface area contributed by atoms with Crippen LogP contribution >= 0.6 is 0 Å². The Morgan fingerprint density at radius 3 is 2.38 bits per heavy atom. The van der Waals surface area contributed by atoms with Gasteiger partial charge in [-0.05, 0) is 46.0 Å². The van der Waals surface area contributed by atoms with Gasteiger partial charge in [0.15, 0.2) is 0 Å². The lowest BCUT2D eigenvalue weighted by Crippen LogP contribution is -2.55. The quantitative estimate of drug-likeness (QED) is 0.776. The number of ether oxygens (including phenoxy) is 1. The number of hydrogen-bond donors (Lipinski definition) is 1. The van der Waals surface area contributed by atoms with Gasteiger partial charge in [0.05, 0.1) is 6.04 Å². The minimum atomic E-state index is -0.687. The van der Waals surface area contributed by atoms with Gasteiger partial charge < -0.3 is 15.4 Å². The molecule has 0 aliphatic carbocycles. The van der Waals surface area contributed by atoms with Gasteiger partial charge in [-0.25, -0.2) is 9.69 Å². The second-order valence-electron chi connectivity index (χ2n) is 8.28. The summed E-state index contributed by atoms with van der Waals surface area (Å²) in [6.07, 6.45) is 2.15. The topological polar surface area (TPSA) is 92.9 Å². The molecule has 1 heterocycles. The zero-order valence-corrected chi connectivity index (χ0v) is 17.1. The first-order valence-electron chi connectivity index (χ1n) is 9.60. The van der Waals surface area contributed by atoms with Gasteiger partial charge in [0, 0.05) is 13.1 Å². The normalized spacial score (nSPS) is 18.8. The van der Waals surface area contributed by atoms with Crippen LogP contribution in [0.5, 0.6) is 0 Å². The first-order chi connectivity index (χ1) is 12.0. The molecule has 7 heteroatoms. The molecule has 0 spiro atoms. The molecular formula is C19H35N3O4. The Morgan fingerprint density at radius 2 is 1.88 bits per heavy atom. The Morgan fingerprint density at radius 1 is 1.27 bits per heavy atom. The third-order valence-corrected chi connectivity index (χ3v) is 4.44. The van der Waals surface area contributed by atoms with Gasteiger partial charge in [0.2, 0.25) is 5.91 Å². The number of nitrogens with two attached hydrogens (primary N) is 1. The van der Waals surface area contributed by atoms with E-state index in [4.69, 9.17) is 10.5 Å². The van der Waals surface area contributed by atoms with Crippen molar-refractivity contribution in [3.8, 4) is 0 Å². The maximum absolute atomic E-state index is 13.1. The lowest BCUT2D eigenvalue weighted by atomic mass is 10.0. The van der Waals surface area contributed by atoms with Gasteiger partial charge in [-0.2, -0.15) is 0 Å². The standard InChI is InChI=1S/C19H35N3O4/c1-7-8-11-22(18(25)26-19(4,5)6)16(23)14-10-9-12-21(14)17(24)15(20)13(2)3/h13-15H,7-12,20H2,1-6H3/t14-,15-/m0/s1. The van der Waals surface area contributed by atoms with Gasteiger partial charge in [0.25, 0.3) is 5.91 Å². The number of hydrogen-bond acceptors (Lipinski definition) is 5. The van der Waals surface area contributed by atoms with Crippen molar-refractivity contribution < 1.29 is 19.1 Å². The minimum absolute atomic E-state index is 0.0131. The summed E-state index contributed by atoms with van der Waals surface area (Å²) >= 11 is 0. The monoisotopic (exact) mass is 369 g/mol. The number of amides is 3. The highest BCUT2D eigenvalue weighted by Gasteiger charge is 2.41. The van der Waals surface area contributed by atoms with Crippen LogP contribution in [0.15, 0.2) is 0 Å². The lowest BCUT2D eigenvalue weighted by molar-refractivity contribution is -0.144. The Hall–Kier alpha value is -1.63. The van der Waals surface area contributed by atoms with Crippen LogP contribution < -0.4 is 5.73 Å². The predicted octanol–water partition coefficient (Wildman–Crippen LogP) is 2.52. The summed E-state index contributed by atoms with van der Waals surface area (Å²) in [6.45, 7) is 11.8. The molecular weight excluding hydrogens is 334 g/mol. The fraction of sp³-hybridized carbons (Fsp3) is 0.842. The molecule has 3 amide bonds. The SMILES string of the molecule is CCCCN(C(=O)OC(C)(C)C)C(=O)[C@@H]1CCCN1C(=O)[C@@H](N)C(C)C. The largest absolute Gasteiger partial charge is 0.443 e. The van der Waals surface area contributed by atoms with Crippen molar-refractivity contribution >= 4 is 17.9 Å². The molecule has 1 rings (SSSR count). The summed E-state index contributed by atoms with van der Waals surface area (Å²) in [5, 5.41) is 0. The van der Waals surface area contributed by atoms with Crippen molar-refractivity contribution in [2.45, 2.75) is 84.9 Å². The second-order valence-corrected chi connectivity index (χ2v) is 8.28. The molecule has 0 aromatic carbocycles. The van der Waals surface area contributed by atoms with Crippen molar-refractivity contribution in [2.24, 2.45) is 11.7 Å². The molecule has 1 fully saturated rings. The van der Waals surface area contributed by atoms with Gasteiger partial charge in [-0.15, -0.1) is 0 Å². The summed E-state index contributed by atoms with van der Waals surface area (Å²) in [4.78, 5) is 41.0. The molecule has 2 atom stereocenters. The van der Waals surface area contributed by atoms with Gasteiger partial charge >= 0.3 is 6.09 Å². The molecule has 26 heavy (non-hydrogen) atoms. The van der Waals surface area contributed by atoms with Crippen LogP contribution in [0.4, 0.5) is 4.79 Å². The molecule has 0 aromatic rings. The summed E-state index contributed by atoms with van der Waals surface area (Å²) in [5.41, 5.74) is 5.31. The number of nitrogens with zero attached hydrogens (tertiary/aromatic N) is 2. The molecule has 0 unspecified atom stereocenters. The summed E-state index contributed by atoms with van der Waals surface area (Å²) in [5.74, 6) is -0.606. The number of imide groups is 1. The third-order valence-electron chi connectivity index (χ3n) is 4.44. The van der Waals surface area contributed by atoms with E-state index in [1.807, 2.05) is 20.8 Å². The molecule has 1 saturated heterocycles. The maximum atomic E-state index is 13.1. The zero-order valence-electron chi connectivity index (χ0n) is 17.1. The lowest BCUT2D eigenvalue weighted by Gasteiger charge is -2.32. The molecule has 0 saturated carbocycles. The van der Waals surface area contributed by atoms with E-state index in [-0.39, 0.29) is 17.7 Å². The average molecular weight is 370 g/mol.